The number of anilines is 1. The van der Waals surface area contributed by atoms with Crippen molar-refractivity contribution >= 4 is 11.9 Å². The molecule has 1 heterocycles. The van der Waals surface area contributed by atoms with E-state index in [9.17, 15) is 9.18 Å². The molecule has 0 radical (unpaired) electrons. The lowest BCUT2D eigenvalue weighted by atomic mass is 10.5. The maximum absolute atomic E-state index is 12.4. The third kappa shape index (κ3) is 2.66. The molecule has 0 aliphatic heterocycles. The Balaban J connectivity index is 2.71. The topological polar surface area (TPSA) is 72.1 Å². The van der Waals surface area contributed by atoms with Gasteiger partial charge in [0.2, 0.25) is 11.9 Å². The summed E-state index contributed by atoms with van der Waals surface area (Å²) in [5.74, 6) is -0.744. The van der Waals surface area contributed by atoms with Crippen molar-refractivity contribution in [3.05, 3.63) is 18.2 Å². The Bertz CT molecular complexity index is 300. The van der Waals surface area contributed by atoms with Crippen LogP contribution in [0.5, 0.6) is 0 Å². The third-order valence-corrected chi connectivity index (χ3v) is 1.34. The van der Waals surface area contributed by atoms with Gasteiger partial charge in [-0.25, -0.2) is 14.4 Å². The van der Waals surface area contributed by atoms with Crippen LogP contribution in [0.15, 0.2) is 12.4 Å². The van der Waals surface area contributed by atoms with Crippen LogP contribution in [0.4, 0.5) is 10.3 Å². The van der Waals surface area contributed by atoms with Crippen molar-refractivity contribution < 1.29 is 9.18 Å². The number of carbonyl (C=O) groups excluding carboxylic acids is 1. The van der Waals surface area contributed by atoms with Crippen LogP contribution in [0.1, 0.15) is 0 Å². The maximum Gasteiger partial charge on any atom is 0.237 e. The van der Waals surface area contributed by atoms with Crippen LogP contribution in [-0.4, -0.2) is 29.5 Å². The number of carbonyl (C=O) groups is 1. The maximum atomic E-state index is 12.4. The predicted molar refractivity (Wildman–Crippen MR) is 44.5 cm³/mol. The molecule has 70 valence electrons. The molecule has 0 aromatic carbocycles. The summed E-state index contributed by atoms with van der Waals surface area (Å²) in [6.45, 7) is 0.00559. The Hall–Kier alpha value is -1.72. The molecule has 0 unspecified atom stereocenters. The fourth-order valence-corrected chi connectivity index (χ4v) is 0.807. The Labute approximate surface area is 74.4 Å². The Kier molecular flexibility index (Phi) is 2.73. The number of hydrogen-bond donors (Lipinski definition) is 1. The molecule has 1 rings (SSSR count). The fraction of sp³-hybridized carbons (Fsp3) is 0.286. The summed E-state index contributed by atoms with van der Waals surface area (Å²) in [5.41, 5.74) is 4.95. The Morgan fingerprint density at radius 2 is 2.15 bits per heavy atom. The van der Waals surface area contributed by atoms with Gasteiger partial charge in [-0.3, -0.25) is 4.79 Å². The number of aromatic nitrogens is 2. The van der Waals surface area contributed by atoms with Crippen LogP contribution in [-0.2, 0) is 4.79 Å². The number of likely N-dealkylation sites (N-methyl/N-ethyl adjacent to an activating group) is 1. The highest BCUT2D eigenvalue weighted by Crippen LogP contribution is 2.02. The summed E-state index contributed by atoms with van der Waals surface area (Å²) >= 11 is 0. The van der Waals surface area contributed by atoms with Gasteiger partial charge in [-0.1, -0.05) is 0 Å². The van der Waals surface area contributed by atoms with E-state index in [1.165, 1.54) is 4.90 Å². The van der Waals surface area contributed by atoms with E-state index in [4.69, 9.17) is 5.73 Å². The minimum atomic E-state index is -0.517. The second-order valence-electron chi connectivity index (χ2n) is 2.52. The lowest BCUT2D eigenvalue weighted by Gasteiger charge is -2.13. The minimum absolute atomic E-state index is 0.00559. The van der Waals surface area contributed by atoms with E-state index < -0.39 is 11.7 Å². The van der Waals surface area contributed by atoms with Crippen LogP contribution in [0.25, 0.3) is 0 Å². The molecular formula is C7H9FN4O. The summed E-state index contributed by atoms with van der Waals surface area (Å²) in [7, 11) is 1.60. The molecule has 0 bridgehead atoms. The molecule has 1 aromatic heterocycles. The number of hydrogen-bond acceptors (Lipinski definition) is 4. The molecule has 13 heavy (non-hydrogen) atoms. The molecule has 0 aliphatic rings. The SMILES string of the molecule is CN(CC(N)=O)c1ncc(F)cn1. The van der Waals surface area contributed by atoms with Crippen molar-refractivity contribution in [2.45, 2.75) is 0 Å². The first-order valence-electron chi connectivity index (χ1n) is 3.56. The molecule has 0 aliphatic carbocycles. The van der Waals surface area contributed by atoms with Gasteiger partial charge in [-0.2, -0.15) is 0 Å². The average Bonchev–Trinajstić information content (AvgIpc) is 2.04. The van der Waals surface area contributed by atoms with Gasteiger partial charge in [0.15, 0.2) is 5.82 Å². The van der Waals surface area contributed by atoms with Gasteiger partial charge in [-0.15, -0.1) is 0 Å². The van der Waals surface area contributed by atoms with Crippen molar-refractivity contribution in [3.8, 4) is 0 Å². The van der Waals surface area contributed by atoms with E-state index >= 15 is 0 Å². The quantitative estimate of drug-likeness (QED) is 0.689. The number of nitrogens with two attached hydrogens (primary N) is 1. The third-order valence-electron chi connectivity index (χ3n) is 1.34. The van der Waals surface area contributed by atoms with E-state index in [0.717, 1.165) is 12.4 Å². The summed E-state index contributed by atoms with van der Waals surface area (Å²) in [6, 6.07) is 0. The van der Waals surface area contributed by atoms with E-state index in [1.54, 1.807) is 7.05 Å². The molecule has 0 atom stereocenters. The molecule has 0 fully saturated rings. The average molecular weight is 184 g/mol. The molecular weight excluding hydrogens is 175 g/mol. The summed E-state index contributed by atoms with van der Waals surface area (Å²) in [6.07, 6.45) is 2.06. The number of amides is 1. The largest absolute Gasteiger partial charge is 0.368 e. The first-order valence-corrected chi connectivity index (χ1v) is 3.56. The summed E-state index contributed by atoms with van der Waals surface area (Å²) in [4.78, 5) is 19.3. The fourth-order valence-electron chi connectivity index (χ4n) is 0.807. The van der Waals surface area contributed by atoms with Gasteiger partial charge >= 0.3 is 0 Å². The van der Waals surface area contributed by atoms with Crippen LogP contribution >= 0.6 is 0 Å². The first-order chi connectivity index (χ1) is 6.09. The summed E-state index contributed by atoms with van der Waals surface area (Å²) in [5, 5.41) is 0. The smallest absolute Gasteiger partial charge is 0.237 e. The normalized spacial score (nSPS) is 9.69. The minimum Gasteiger partial charge on any atom is -0.368 e. The highest BCUT2D eigenvalue weighted by Gasteiger charge is 2.06. The van der Waals surface area contributed by atoms with Gasteiger partial charge in [-0.05, 0) is 0 Å². The van der Waals surface area contributed by atoms with Gasteiger partial charge in [0, 0.05) is 7.05 Å². The Morgan fingerprint density at radius 3 is 2.62 bits per heavy atom. The van der Waals surface area contributed by atoms with Crippen LogP contribution < -0.4 is 10.6 Å². The molecule has 0 saturated heterocycles. The van der Waals surface area contributed by atoms with Crippen molar-refractivity contribution in [1.82, 2.24) is 9.97 Å². The number of rotatable bonds is 3. The second kappa shape index (κ2) is 3.79. The highest BCUT2D eigenvalue weighted by molar-refractivity contribution is 5.78. The second-order valence-corrected chi connectivity index (χ2v) is 2.52. The monoisotopic (exact) mass is 184 g/mol. The molecule has 5 nitrogen and oxygen atoms in total. The lowest BCUT2D eigenvalue weighted by Crippen LogP contribution is -2.31. The van der Waals surface area contributed by atoms with E-state index in [2.05, 4.69) is 9.97 Å². The Morgan fingerprint density at radius 1 is 1.62 bits per heavy atom. The zero-order valence-electron chi connectivity index (χ0n) is 7.07. The van der Waals surface area contributed by atoms with Gasteiger partial charge < -0.3 is 10.6 Å². The first kappa shape index (κ1) is 9.37. The van der Waals surface area contributed by atoms with E-state index in [-0.39, 0.29) is 12.5 Å². The molecule has 1 aromatic rings. The lowest BCUT2D eigenvalue weighted by molar-refractivity contribution is -0.116. The van der Waals surface area contributed by atoms with Gasteiger partial charge in [0.1, 0.15) is 0 Å². The van der Waals surface area contributed by atoms with Crippen LogP contribution in [0.2, 0.25) is 0 Å². The molecule has 0 spiro atoms. The van der Waals surface area contributed by atoms with Gasteiger partial charge in [0.25, 0.3) is 0 Å². The van der Waals surface area contributed by atoms with Crippen molar-refractivity contribution in [3.63, 3.8) is 0 Å². The van der Waals surface area contributed by atoms with Crippen molar-refractivity contribution in [2.24, 2.45) is 5.73 Å². The standard InChI is InChI=1S/C7H9FN4O/c1-12(4-6(9)13)7-10-2-5(8)3-11-7/h2-3H,4H2,1H3,(H2,9,13). The number of primary amides is 1. The predicted octanol–water partition coefficient (Wildman–Crippen LogP) is -0.463. The summed E-state index contributed by atoms with van der Waals surface area (Å²) < 4.78 is 12.4. The number of nitrogens with zero attached hydrogens (tertiary/aromatic N) is 3. The molecule has 2 N–H and O–H groups in total. The van der Waals surface area contributed by atoms with E-state index in [1.807, 2.05) is 0 Å². The van der Waals surface area contributed by atoms with Crippen molar-refractivity contribution in [2.75, 3.05) is 18.5 Å². The van der Waals surface area contributed by atoms with Crippen LogP contribution in [0.3, 0.4) is 0 Å². The zero-order chi connectivity index (χ0) is 9.84. The number of halogens is 1. The van der Waals surface area contributed by atoms with E-state index in [0.29, 0.717) is 0 Å². The zero-order valence-corrected chi connectivity index (χ0v) is 7.07. The van der Waals surface area contributed by atoms with Gasteiger partial charge in [0.05, 0.1) is 18.9 Å². The van der Waals surface area contributed by atoms with Crippen LogP contribution in [0, 0.1) is 5.82 Å². The molecule has 6 heteroatoms. The highest BCUT2D eigenvalue weighted by atomic mass is 19.1. The van der Waals surface area contributed by atoms with Crippen molar-refractivity contribution in [1.29, 1.82) is 0 Å². The molecule has 0 saturated carbocycles. The molecule has 1 amide bonds.